The molecule has 4 nitrogen and oxygen atoms in total. The third-order valence-corrected chi connectivity index (χ3v) is 3.34. The van der Waals surface area contributed by atoms with Gasteiger partial charge in [-0.1, -0.05) is 6.42 Å². The topological polar surface area (TPSA) is 58.1 Å². The van der Waals surface area contributed by atoms with Crippen LogP contribution in [0.3, 0.4) is 0 Å². The molecular weight excluding hydrogens is 226 g/mol. The van der Waals surface area contributed by atoms with Gasteiger partial charge in [0.2, 0.25) is 0 Å². The Hall–Kier alpha value is -1.89. The summed E-state index contributed by atoms with van der Waals surface area (Å²) in [7, 11) is 0. The summed E-state index contributed by atoms with van der Waals surface area (Å²) in [6.07, 6.45) is 5.45. The van der Waals surface area contributed by atoms with Gasteiger partial charge in [-0.05, 0) is 51.2 Å². The van der Waals surface area contributed by atoms with Gasteiger partial charge in [-0.25, -0.2) is 4.68 Å². The lowest BCUT2D eigenvalue weighted by Gasteiger charge is -2.14. The maximum absolute atomic E-state index is 12.1. The molecule has 1 saturated carbocycles. The SMILES string of the molecule is Cc1cc(C)n(N=C2CCCCC2)c(=O)c1C#N. The molecule has 94 valence electrons. The molecule has 1 fully saturated rings. The van der Waals surface area contributed by atoms with E-state index in [2.05, 4.69) is 5.10 Å². The molecule has 1 aromatic rings. The van der Waals surface area contributed by atoms with Crippen molar-refractivity contribution in [3.05, 3.63) is 33.2 Å². The Morgan fingerprint density at radius 2 is 1.94 bits per heavy atom. The van der Waals surface area contributed by atoms with E-state index in [0.29, 0.717) is 0 Å². The standard InChI is InChI=1S/C14H17N3O/c1-10-8-11(2)17(14(18)13(10)9-15)16-12-6-4-3-5-7-12/h8H,3-7H2,1-2H3. The molecule has 0 amide bonds. The number of aryl methyl sites for hydroxylation is 2. The van der Waals surface area contributed by atoms with Gasteiger partial charge in [0.1, 0.15) is 11.6 Å². The van der Waals surface area contributed by atoms with Crippen LogP contribution in [0.4, 0.5) is 0 Å². The van der Waals surface area contributed by atoms with Crippen molar-refractivity contribution < 1.29 is 0 Å². The summed E-state index contributed by atoms with van der Waals surface area (Å²) >= 11 is 0. The highest BCUT2D eigenvalue weighted by Crippen LogP contribution is 2.15. The molecule has 0 aliphatic heterocycles. The van der Waals surface area contributed by atoms with E-state index in [1.54, 1.807) is 6.92 Å². The van der Waals surface area contributed by atoms with E-state index < -0.39 is 0 Å². The molecule has 1 heterocycles. The van der Waals surface area contributed by atoms with Gasteiger partial charge in [-0.15, -0.1) is 0 Å². The zero-order chi connectivity index (χ0) is 13.1. The van der Waals surface area contributed by atoms with Gasteiger partial charge >= 0.3 is 0 Å². The summed E-state index contributed by atoms with van der Waals surface area (Å²) in [5.41, 5.74) is 2.47. The van der Waals surface area contributed by atoms with Gasteiger partial charge in [0.05, 0.1) is 0 Å². The van der Waals surface area contributed by atoms with Crippen LogP contribution in [-0.4, -0.2) is 10.4 Å². The molecule has 0 aromatic carbocycles. The van der Waals surface area contributed by atoms with Crippen molar-refractivity contribution in [2.75, 3.05) is 0 Å². The summed E-state index contributed by atoms with van der Waals surface area (Å²) in [5, 5.41) is 13.4. The Balaban J connectivity index is 2.51. The van der Waals surface area contributed by atoms with Crippen molar-refractivity contribution in [3.63, 3.8) is 0 Å². The second-order valence-corrected chi connectivity index (χ2v) is 4.80. The summed E-state index contributed by atoms with van der Waals surface area (Å²) in [4.78, 5) is 12.1. The van der Waals surface area contributed by atoms with Crippen LogP contribution in [0.2, 0.25) is 0 Å². The fraction of sp³-hybridized carbons (Fsp3) is 0.500. The number of nitrogens with zero attached hydrogens (tertiary/aromatic N) is 3. The fourth-order valence-corrected chi connectivity index (χ4v) is 2.34. The largest absolute Gasteiger partial charge is 0.289 e. The van der Waals surface area contributed by atoms with Crippen molar-refractivity contribution in [1.82, 2.24) is 4.68 Å². The smallest absolute Gasteiger partial charge is 0.266 e. The van der Waals surface area contributed by atoms with Crippen molar-refractivity contribution >= 4 is 5.71 Å². The minimum Gasteiger partial charge on any atom is -0.266 e. The summed E-state index contributed by atoms with van der Waals surface area (Å²) in [6, 6.07) is 3.81. The number of nitriles is 1. The third kappa shape index (κ3) is 2.35. The van der Waals surface area contributed by atoms with E-state index in [-0.39, 0.29) is 11.1 Å². The molecular formula is C14H17N3O. The normalized spacial score (nSPS) is 15.3. The highest BCUT2D eigenvalue weighted by molar-refractivity contribution is 5.84. The number of hydrogen-bond acceptors (Lipinski definition) is 3. The zero-order valence-electron chi connectivity index (χ0n) is 10.9. The van der Waals surface area contributed by atoms with Crippen molar-refractivity contribution in [2.24, 2.45) is 5.10 Å². The van der Waals surface area contributed by atoms with Crippen LogP contribution >= 0.6 is 0 Å². The quantitative estimate of drug-likeness (QED) is 0.761. The first-order valence-corrected chi connectivity index (χ1v) is 6.33. The molecule has 1 aliphatic carbocycles. The average Bonchev–Trinajstić information content (AvgIpc) is 2.36. The van der Waals surface area contributed by atoms with Crippen LogP contribution in [-0.2, 0) is 0 Å². The molecule has 0 saturated heterocycles. The molecule has 0 unspecified atom stereocenters. The Morgan fingerprint density at radius 1 is 1.28 bits per heavy atom. The maximum atomic E-state index is 12.1. The lowest BCUT2D eigenvalue weighted by Crippen LogP contribution is -2.24. The zero-order valence-corrected chi connectivity index (χ0v) is 10.9. The van der Waals surface area contributed by atoms with Gasteiger partial charge in [-0.2, -0.15) is 10.4 Å². The van der Waals surface area contributed by atoms with Gasteiger partial charge in [0, 0.05) is 11.4 Å². The van der Waals surface area contributed by atoms with E-state index in [1.807, 2.05) is 19.1 Å². The Kier molecular flexibility index (Phi) is 3.61. The minimum absolute atomic E-state index is 0.195. The second-order valence-electron chi connectivity index (χ2n) is 4.80. The van der Waals surface area contributed by atoms with E-state index in [4.69, 9.17) is 5.26 Å². The Bertz CT molecular complexity index is 582. The van der Waals surface area contributed by atoms with Crippen LogP contribution in [0.15, 0.2) is 16.0 Å². The van der Waals surface area contributed by atoms with E-state index in [9.17, 15) is 4.79 Å². The average molecular weight is 243 g/mol. The number of rotatable bonds is 1. The summed E-state index contributed by atoms with van der Waals surface area (Å²) in [5.74, 6) is 0. The predicted octanol–water partition coefficient (Wildman–Crippen LogP) is 2.51. The minimum atomic E-state index is -0.298. The van der Waals surface area contributed by atoms with Gasteiger partial charge in [0.15, 0.2) is 0 Å². The number of pyridine rings is 1. The van der Waals surface area contributed by atoms with Crippen LogP contribution in [0.25, 0.3) is 0 Å². The van der Waals surface area contributed by atoms with Crippen LogP contribution in [0.5, 0.6) is 0 Å². The van der Waals surface area contributed by atoms with E-state index in [0.717, 1.165) is 42.7 Å². The number of hydrogen-bond donors (Lipinski definition) is 0. The number of aromatic nitrogens is 1. The fourth-order valence-electron chi connectivity index (χ4n) is 2.34. The van der Waals surface area contributed by atoms with Crippen molar-refractivity contribution in [2.45, 2.75) is 46.0 Å². The molecule has 1 aliphatic rings. The van der Waals surface area contributed by atoms with Crippen molar-refractivity contribution in [1.29, 1.82) is 5.26 Å². The first-order chi connectivity index (χ1) is 8.63. The maximum Gasteiger partial charge on any atom is 0.289 e. The highest BCUT2D eigenvalue weighted by atomic mass is 16.1. The Morgan fingerprint density at radius 3 is 2.56 bits per heavy atom. The molecule has 0 spiro atoms. The Labute approximate surface area is 107 Å². The van der Waals surface area contributed by atoms with E-state index in [1.165, 1.54) is 11.1 Å². The molecule has 1 aromatic heterocycles. The lowest BCUT2D eigenvalue weighted by atomic mass is 9.99. The summed E-state index contributed by atoms with van der Waals surface area (Å²) < 4.78 is 1.38. The molecule has 0 atom stereocenters. The van der Waals surface area contributed by atoms with Gasteiger partial charge in [0.25, 0.3) is 5.56 Å². The highest BCUT2D eigenvalue weighted by Gasteiger charge is 2.12. The lowest BCUT2D eigenvalue weighted by molar-refractivity contribution is 0.651. The molecule has 0 radical (unpaired) electrons. The molecule has 18 heavy (non-hydrogen) atoms. The second kappa shape index (κ2) is 5.18. The van der Waals surface area contributed by atoms with Crippen LogP contribution in [0, 0.1) is 25.2 Å². The molecule has 2 rings (SSSR count). The van der Waals surface area contributed by atoms with Crippen LogP contribution in [0.1, 0.15) is 48.9 Å². The van der Waals surface area contributed by atoms with E-state index >= 15 is 0 Å². The predicted molar refractivity (Wildman–Crippen MR) is 70.8 cm³/mol. The third-order valence-electron chi connectivity index (χ3n) is 3.34. The van der Waals surface area contributed by atoms with Gasteiger partial charge in [-0.3, -0.25) is 4.79 Å². The summed E-state index contributed by atoms with van der Waals surface area (Å²) in [6.45, 7) is 3.63. The van der Waals surface area contributed by atoms with Crippen LogP contribution < -0.4 is 5.56 Å². The first kappa shape index (κ1) is 12.6. The molecule has 0 bridgehead atoms. The molecule has 0 N–H and O–H groups in total. The van der Waals surface area contributed by atoms with Gasteiger partial charge < -0.3 is 0 Å². The molecule has 4 heteroatoms. The monoisotopic (exact) mass is 243 g/mol. The first-order valence-electron chi connectivity index (χ1n) is 6.33. The van der Waals surface area contributed by atoms with Crippen molar-refractivity contribution in [3.8, 4) is 6.07 Å².